The fourth-order valence-electron chi connectivity index (χ4n) is 2.81. The van der Waals surface area contributed by atoms with Crippen LogP contribution in [0.25, 0.3) is 0 Å². The normalized spacial score (nSPS) is 11.2. The van der Waals surface area contributed by atoms with E-state index in [0.29, 0.717) is 23.9 Å². The SMILES string of the molecule is C=CCN(c1ccccc1OC)S(=O)(=O)c1ccc(Cl)c(C(=O)NCCC(C)C)c1. The maximum absolute atomic E-state index is 13.4. The molecule has 2 aromatic carbocycles. The lowest BCUT2D eigenvalue weighted by molar-refractivity contribution is 0.0952. The van der Waals surface area contributed by atoms with Gasteiger partial charge in [0, 0.05) is 6.54 Å². The number of methoxy groups -OCH3 is 1. The molecule has 0 aliphatic heterocycles. The molecule has 0 atom stereocenters. The summed E-state index contributed by atoms with van der Waals surface area (Å²) in [6.07, 6.45) is 2.29. The van der Waals surface area contributed by atoms with Gasteiger partial charge in [-0.2, -0.15) is 0 Å². The van der Waals surface area contributed by atoms with E-state index >= 15 is 0 Å². The fraction of sp³-hybridized carbons (Fsp3) is 0.318. The molecular formula is C22H27ClN2O4S. The minimum absolute atomic E-state index is 0.0290. The number of hydrogen-bond acceptors (Lipinski definition) is 4. The summed E-state index contributed by atoms with van der Waals surface area (Å²) in [6.45, 7) is 8.28. The highest BCUT2D eigenvalue weighted by molar-refractivity contribution is 7.92. The zero-order chi connectivity index (χ0) is 22.3. The van der Waals surface area contributed by atoms with E-state index in [1.807, 2.05) is 0 Å². The van der Waals surface area contributed by atoms with Crippen LogP contribution in [-0.2, 0) is 10.0 Å². The Morgan fingerprint density at radius 2 is 1.97 bits per heavy atom. The van der Waals surface area contributed by atoms with E-state index < -0.39 is 15.9 Å². The molecule has 0 aromatic heterocycles. The van der Waals surface area contributed by atoms with Crippen molar-refractivity contribution >= 4 is 33.2 Å². The maximum Gasteiger partial charge on any atom is 0.264 e. The summed E-state index contributed by atoms with van der Waals surface area (Å²) in [5, 5.41) is 2.97. The third-order valence-corrected chi connectivity index (χ3v) is 6.53. The number of rotatable bonds is 10. The summed E-state index contributed by atoms with van der Waals surface area (Å²) in [4.78, 5) is 12.5. The second-order valence-corrected chi connectivity index (χ2v) is 9.35. The van der Waals surface area contributed by atoms with Crippen molar-refractivity contribution in [2.75, 3.05) is 24.5 Å². The first-order valence-electron chi connectivity index (χ1n) is 9.56. The number of nitrogens with one attached hydrogen (secondary N) is 1. The Hall–Kier alpha value is -2.51. The van der Waals surface area contributed by atoms with Crippen LogP contribution in [0.3, 0.4) is 0 Å². The Kier molecular flexibility index (Phi) is 8.32. The first-order valence-corrected chi connectivity index (χ1v) is 11.4. The van der Waals surface area contributed by atoms with Crippen molar-refractivity contribution in [2.24, 2.45) is 5.92 Å². The van der Waals surface area contributed by atoms with Crippen molar-refractivity contribution < 1.29 is 17.9 Å². The Bertz CT molecular complexity index is 1010. The average Bonchev–Trinajstić information content (AvgIpc) is 2.71. The van der Waals surface area contributed by atoms with Gasteiger partial charge < -0.3 is 10.1 Å². The quantitative estimate of drug-likeness (QED) is 0.540. The Morgan fingerprint density at radius 3 is 2.60 bits per heavy atom. The number of carbonyl (C=O) groups excluding carboxylic acids is 1. The van der Waals surface area contributed by atoms with E-state index in [9.17, 15) is 13.2 Å². The van der Waals surface area contributed by atoms with E-state index in [1.165, 1.54) is 35.7 Å². The van der Waals surface area contributed by atoms with Crippen LogP contribution >= 0.6 is 11.6 Å². The number of carbonyl (C=O) groups is 1. The van der Waals surface area contributed by atoms with Gasteiger partial charge in [0.1, 0.15) is 5.75 Å². The average molecular weight is 451 g/mol. The van der Waals surface area contributed by atoms with E-state index in [1.54, 1.807) is 24.3 Å². The summed E-state index contributed by atoms with van der Waals surface area (Å²) in [5.74, 6) is 0.426. The summed E-state index contributed by atoms with van der Waals surface area (Å²) in [6, 6.07) is 10.9. The number of anilines is 1. The molecule has 0 radical (unpaired) electrons. The third-order valence-electron chi connectivity index (χ3n) is 4.43. The zero-order valence-electron chi connectivity index (χ0n) is 17.4. The minimum Gasteiger partial charge on any atom is -0.495 e. The summed E-state index contributed by atoms with van der Waals surface area (Å²) < 4.78 is 33.4. The molecule has 30 heavy (non-hydrogen) atoms. The molecule has 162 valence electrons. The Balaban J connectivity index is 2.44. The van der Waals surface area contributed by atoms with Gasteiger partial charge in [-0.1, -0.05) is 43.7 Å². The highest BCUT2D eigenvalue weighted by Gasteiger charge is 2.27. The monoisotopic (exact) mass is 450 g/mol. The van der Waals surface area contributed by atoms with Gasteiger partial charge in [-0.3, -0.25) is 9.10 Å². The Labute approximate surface area is 183 Å². The molecule has 0 heterocycles. The molecule has 6 nitrogen and oxygen atoms in total. The minimum atomic E-state index is -4.01. The largest absolute Gasteiger partial charge is 0.495 e. The van der Waals surface area contributed by atoms with Gasteiger partial charge in [-0.15, -0.1) is 6.58 Å². The van der Waals surface area contributed by atoms with E-state index in [4.69, 9.17) is 16.3 Å². The summed E-state index contributed by atoms with van der Waals surface area (Å²) in [5.41, 5.74) is 0.484. The lowest BCUT2D eigenvalue weighted by Gasteiger charge is -2.25. The van der Waals surface area contributed by atoms with E-state index in [0.717, 1.165) is 6.42 Å². The molecule has 1 amide bonds. The standard InChI is InChI=1S/C22H27ClN2O4S/c1-5-14-25(20-8-6-7-9-21(20)29-4)30(27,28)17-10-11-19(23)18(15-17)22(26)24-13-12-16(2)3/h5-11,15-16H,1,12-14H2,2-4H3,(H,24,26). The predicted octanol–water partition coefficient (Wildman–Crippen LogP) is 4.51. The molecule has 1 N–H and O–H groups in total. The second-order valence-electron chi connectivity index (χ2n) is 7.08. The van der Waals surface area contributed by atoms with E-state index in [2.05, 4.69) is 25.7 Å². The zero-order valence-corrected chi connectivity index (χ0v) is 19.0. The number of para-hydroxylation sites is 2. The molecule has 0 saturated carbocycles. The molecule has 8 heteroatoms. The molecular weight excluding hydrogens is 424 g/mol. The third kappa shape index (κ3) is 5.55. The molecule has 2 rings (SSSR count). The lowest BCUT2D eigenvalue weighted by Crippen LogP contribution is -2.32. The van der Waals surface area contributed by atoms with Crippen LogP contribution in [0.15, 0.2) is 60.0 Å². The van der Waals surface area contributed by atoms with Crippen LogP contribution in [0.1, 0.15) is 30.6 Å². The number of halogens is 1. The molecule has 0 fully saturated rings. The first kappa shape index (κ1) is 23.8. The predicted molar refractivity (Wildman–Crippen MR) is 121 cm³/mol. The smallest absolute Gasteiger partial charge is 0.264 e. The molecule has 0 saturated heterocycles. The second kappa shape index (κ2) is 10.5. The highest BCUT2D eigenvalue weighted by Crippen LogP contribution is 2.33. The van der Waals surface area contributed by atoms with Crippen molar-refractivity contribution in [3.05, 3.63) is 65.7 Å². The molecule has 0 aliphatic rings. The number of sulfonamides is 1. The molecule has 0 aliphatic carbocycles. The van der Waals surface area contributed by atoms with Crippen LogP contribution in [-0.4, -0.2) is 34.5 Å². The maximum atomic E-state index is 13.4. The van der Waals surface area contributed by atoms with Crippen LogP contribution in [0.4, 0.5) is 5.69 Å². The van der Waals surface area contributed by atoms with Gasteiger partial charge in [0.25, 0.3) is 15.9 Å². The molecule has 2 aromatic rings. The van der Waals surface area contributed by atoms with Crippen LogP contribution in [0.2, 0.25) is 5.02 Å². The molecule has 0 spiro atoms. The number of nitrogens with zero attached hydrogens (tertiary/aromatic N) is 1. The van der Waals surface area contributed by atoms with Crippen LogP contribution in [0.5, 0.6) is 5.75 Å². The van der Waals surface area contributed by atoms with Crippen molar-refractivity contribution in [2.45, 2.75) is 25.2 Å². The number of amides is 1. The molecule has 0 unspecified atom stereocenters. The number of ether oxygens (including phenoxy) is 1. The van der Waals surface area contributed by atoms with Gasteiger partial charge in [0.05, 0.1) is 34.8 Å². The first-order chi connectivity index (χ1) is 14.2. The number of hydrogen-bond donors (Lipinski definition) is 1. The van der Waals surface area contributed by atoms with Crippen molar-refractivity contribution in [3.8, 4) is 5.75 Å². The van der Waals surface area contributed by atoms with Crippen molar-refractivity contribution in [3.63, 3.8) is 0 Å². The number of benzene rings is 2. The fourth-order valence-corrected chi connectivity index (χ4v) is 4.49. The van der Waals surface area contributed by atoms with Gasteiger partial charge in [-0.05, 0) is 42.7 Å². The van der Waals surface area contributed by atoms with Crippen molar-refractivity contribution in [1.29, 1.82) is 0 Å². The summed E-state index contributed by atoms with van der Waals surface area (Å²) in [7, 11) is -2.54. The van der Waals surface area contributed by atoms with Gasteiger partial charge >= 0.3 is 0 Å². The van der Waals surface area contributed by atoms with Gasteiger partial charge in [0.15, 0.2) is 0 Å². The van der Waals surface area contributed by atoms with Gasteiger partial charge in [0.2, 0.25) is 0 Å². The lowest BCUT2D eigenvalue weighted by atomic mass is 10.1. The molecule has 0 bridgehead atoms. The summed E-state index contributed by atoms with van der Waals surface area (Å²) >= 11 is 6.18. The Morgan fingerprint density at radius 1 is 1.27 bits per heavy atom. The highest BCUT2D eigenvalue weighted by atomic mass is 35.5. The topological polar surface area (TPSA) is 75.7 Å². The van der Waals surface area contributed by atoms with Crippen LogP contribution in [0, 0.1) is 5.92 Å². The van der Waals surface area contributed by atoms with E-state index in [-0.39, 0.29) is 22.0 Å². The van der Waals surface area contributed by atoms with Crippen molar-refractivity contribution in [1.82, 2.24) is 5.32 Å². The van der Waals surface area contributed by atoms with Crippen LogP contribution < -0.4 is 14.4 Å². The van der Waals surface area contributed by atoms with Gasteiger partial charge in [-0.25, -0.2) is 8.42 Å².